The second kappa shape index (κ2) is 10.5. The van der Waals surface area contributed by atoms with Gasteiger partial charge in [-0.1, -0.05) is 19.4 Å². The maximum absolute atomic E-state index is 5.46. The molecule has 1 heterocycles. The molecule has 0 spiro atoms. The molecule has 1 N–H and O–H groups in total. The topological polar surface area (TPSA) is 34.1 Å². The Kier molecular flexibility index (Phi) is 10.1. The first kappa shape index (κ1) is 16.4. The molecule has 0 atom stereocenters. The number of aromatic nitrogens is 1. The lowest BCUT2D eigenvalue weighted by atomic mass is 10.2. The maximum Gasteiger partial charge on any atom is 0.0591 e. The van der Waals surface area contributed by atoms with Crippen molar-refractivity contribution in [3.05, 3.63) is 29.6 Å². The van der Waals surface area contributed by atoms with Crippen LogP contribution in [0.1, 0.15) is 31.0 Å². The van der Waals surface area contributed by atoms with Crippen LogP contribution in [0.2, 0.25) is 0 Å². The molecule has 17 heavy (non-hydrogen) atoms. The number of nitrogens with one attached hydrogen (secondary N) is 1. The summed E-state index contributed by atoms with van der Waals surface area (Å²) in [6.45, 7) is 7.65. The Bertz CT molecular complexity index is 295. The molecule has 0 aliphatic carbocycles. The smallest absolute Gasteiger partial charge is 0.0591 e. The molecule has 0 saturated heterocycles. The number of nitrogens with zero attached hydrogens (tertiary/aromatic N) is 1. The Labute approximate surface area is 110 Å². The number of rotatable bonds is 8. The molecule has 0 aliphatic rings. The van der Waals surface area contributed by atoms with Gasteiger partial charge in [0.1, 0.15) is 0 Å². The Morgan fingerprint density at radius 2 is 2.18 bits per heavy atom. The molecule has 0 bridgehead atoms. The summed E-state index contributed by atoms with van der Waals surface area (Å²) in [6.07, 6.45) is 4.18. The van der Waals surface area contributed by atoms with Gasteiger partial charge < -0.3 is 10.1 Å². The summed E-state index contributed by atoms with van der Waals surface area (Å²) in [5, 5.41) is 3.35. The van der Waals surface area contributed by atoms with E-state index in [-0.39, 0.29) is 12.4 Å². The van der Waals surface area contributed by atoms with Crippen molar-refractivity contribution in [3.63, 3.8) is 0 Å². The van der Waals surface area contributed by atoms with Crippen LogP contribution in [0.4, 0.5) is 0 Å². The highest BCUT2D eigenvalue weighted by Crippen LogP contribution is 2.02. The minimum absolute atomic E-state index is 0. The zero-order chi connectivity index (χ0) is 11.6. The standard InChI is InChI=1S/C13H22N2O.ClH/c1-3-4-9-16-10-8-14-11-13-6-5-7-15-12(13)2;/h5-7,14H,3-4,8-11H2,1-2H3;1H. The van der Waals surface area contributed by atoms with Gasteiger partial charge in [0.05, 0.1) is 6.61 Å². The van der Waals surface area contributed by atoms with Gasteiger partial charge >= 0.3 is 0 Å². The number of unbranched alkanes of at least 4 members (excludes halogenated alkanes) is 1. The normalized spacial score (nSPS) is 10.0. The van der Waals surface area contributed by atoms with Crippen molar-refractivity contribution < 1.29 is 4.74 Å². The molecular weight excluding hydrogens is 236 g/mol. The summed E-state index contributed by atoms with van der Waals surface area (Å²) in [5.41, 5.74) is 2.36. The second-order valence-electron chi connectivity index (χ2n) is 3.89. The molecule has 0 saturated carbocycles. The molecule has 3 nitrogen and oxygen atoms in total. The fourth-order valence-corrected chi connectivity index (χ4v) is 1.42. The van der Waals surface area contributed by atoms with Crippen LogP contribution >= 0.6 is 12.4 Å². The zero-order valence-corrected chi connectivity index (χ0v) is 11.6. The molecule has 0 unspecified atom stereocenters. The van der Waals surface area contributed by atoms with Crippen LogP contribution in [0, 0.1) is 6.92 Å². The van der Waals surface area contributed by atoms with Crippen LogP contribution < -0.4 is 5.32 Å². The van der Waals surface area contributed by atoms with Crippen LogP contribution in [0.3, 0.4) is 0 Å². The first-order chi connectivity index (χ1) is 7.84. The lowest BCUT2D eigenvalue weighted by molar-refractivity contribution is 0.133. The van der Waals surface area contributed by atoms with Gasteiger partial charge in [-0.05, 0) is 25.0 Å². The summed E-state index contributed by atoms with van der Waals surface area (Å²) in [4.78, 5) is 4.25. The van der Waals surface area contributed by atoms with Crippen molar-refractivity contribution in [2.75, 3.05) is 19.8 Å². The molecule has 4 heteroatoms. The van der Waals surface area contributed by atoms with E-state index < -0.39 is 0 Å². The van der Waals surface area contributed by atoms with Gasteiger partial charge in [0.15, 0.2) is 0 Å². The van der Waals surface area contributed by atoms with Crippen LogP contribution in [0.5, 0.6) is 0 Å². The largest absolute Gasteiger partial charge is 0.380 e. The Morgan fingerprint density at radius 3 is 2.88 bits per heavy atom. The van der Waals surface area contributed by atoms with E-state index in [0.29, 0.717) is 0 Å². The predicted octanol–water partition coefficient (Wildman–Crippen LogP) is 2.72. The van der Waals surface area contributed by atoms with Gasteiger partial charge in [0.25, 0.3) is 0 Å². The Hall–Kier alpha value is -0.640. The Morgan fingerprint density at radius 1 is 1.35 bits per heavy atom. The van der Waals surface area contributed by atoms with Gasteiger partial charge in [-0.15, -0.1) is 12.4 Å². The van der Waals surface area contributed by atoms with Gasteiger partial charge in [0, 0.05) is 31.6 Å². The fourth-order valence-electron chi connectivity index (χ4n) is 1.42. The Balaban J connectivity index is 0.00000256. The minimum Gasteiger partial charge on any atom is -0.380 e. The van der Waals surface area contributed by atoms with Gasteiger partial charge in [0.2, 0.25) is 0 Å². The summed E-state index contributed by atoms with van der Waals surface area (Å²) in [7, 11) is 0. The minimum atomic E-state index is 0. The number of ether oxygens (including phenoxy) is 1. The van der Waals surface area contributed by atoms with E-state index >= 15 is 0 Å². The highest BCUT2D eigenvalue weighted by Gasteiger charge is 1.96. The summed E-state index contributed by atoms with van der Waals surface area (Å²) >= 11 is 0. The fraction of sp³-hybridized carbons (Fsp3) is 0.615. The van der Waals surface area contributed by atoms with Crippen LogP contribution in [-0.4, -0.2) is 24.7 Å². The third-order valence-electron chi connectivity index (χ3n) is 2.50. The van der Waals surface area contributed by atoms with Crippen LogP contribution in [0.15, 0.2) is 18.3 Å². The van der Waals surface area contributed by atoms with Crippen LogP contribution in [0.25, 0.3) is 0 Å². The highest BCUT2D eigenvalue weighted by molar-refractivity contribution is 5.85. The molecule has 1 aromatic rings. The molecule has 1 rings (SSSR count). The second-order valence-corrected chi connectivity index (χ2v) is 3.89. The van der Waals surface area contributed by atoms with Crippen LogP contribution in [-0.2, 0) is 11.3 Å². The lowest BCUT2D eigenvalue weighted by Gasteiger charge is -2.07. The van der Waals surface area contributed by atoms with Crippen molar-refractivity contribution in [2.45, 2.75) is 33.2 Å². The monoisotopic (exact) mass is 258 g/mol. The van der Waals surface area contributed by atoms with Gasteiger partial charge in [-0.25, -0.2) is 0 Å². The average Bonchev–Trinajstić information content (AvgIpc) is 2.30. The van der Waals surface area contributed by atoms with Crippen molar-refractivity contribution >= 4 is 12.4 Å². The molecule has 0 radical (unpaired) electrons. The predicted molar refractivity (Wildman–Crippen MR) is 73.7 cm³/mol. The van der Waals surface area contributed by atoms with E-state index in [1.807, 2.05) is 19.2 Å². The first-order valence-electron chi connectivity index (χ1n) is 6.03. The SMILES string of the molecule is CCCCOCCNCc1cccnc1C.Cl. The van der Waals surface area contributed by atoms with E-state index in [4.69, 9.17) is 4.74 Å². The van der Waals surface area contributed by atoms with Crippen molar-refractivity contribution in [1.82, 2.24) is 10.3 Å². The van der Waals surface area contributed by atoms with E-state index in [2.05, 4.69) is 23.3 Å². The maximum atomic E-state index is 5.46. The molecule has 0 fully saturated rings. The number of hydrogen-bond acceptors (Lipinski definition) is 3. The van der Waals surface area contributed by atoms with E-state index in [9.17, 15) is 0 Å². The van der Waals surface area contributed by atoms with Gasteiger partial charge in [-0.2, -0.15) is 0 Å². The van der Waals surface area contributed by atoms with E-state index in [1.165, 1.54) is 12.0 Å². The summed E-state index contributed by atoms with van der Waals surface area (Å²) in [5.74, 6) is 0. The lowest BCUT2D eigenvalue weighted by Crippen LogP contribution is -2.20. The quantitative estimate of drug-likeness (QED) is 0.728. The highest BCUT2D eigenvalue weighted by atomic mass is 35.5. The summed E-state index contributed by atoms with van der Waals surface area (Å²) in [6, 6.07) is 4.08. The molecule has 0 amide bonds. The average molecular weight is 259 g/mol. The van der Waals surface area contributed by atoms with Crippen molar-refractivity contribution in [2.24, 2.45) is 0 Å². The third-order valence-corrected chi connectivity index (χ3v) is 2.50. The third kappa shape index (κ3) is 7.31. The zero-order valence-electron chi connectivity index (χ0n) is 10.7. The number of halogens is 1. The first-order valence-corrected chi connectivity index (χ1v) is 6.03. The van der Waals surface area contributed by atoms with E-state index in [1.54, 1.807) is 0 Å². The molecule has 98 valence electrons. The van der Waals surface area contributed by atoms with Gasteiger partial charge in [-0.3, -0.25) is 4.98 Å². The molecule has 1 aromatic heterocycles. The van der Waals surface area contributed by atoms with E-state index in [0.717, 1.165) is 38.4 Å². The summed E-state index contributed by atoms with van der Waals surface area (Å²) < 4.78 is 5.46. The van der Waals surface area contributed by atoms with Crippen molar-refractivity contribution in [1.29, 1.82) is 0 Å². The number of pyridine rings is 1. The number of aryl methyl sites for hydroxylation is 1. The molecule has 0 aromatic carbocycles. The molecular formula is C13H23ClN2O. The molecule has 0 aliphatic heterocycles. The number of hydrogen-bond donors (Lipinski definition) is 1. The van der Waals surface area contributed by atoms with Crippen molar-refractivity contribution in [3.8, 4) is 0 Å².